The summed E-state index contributed by atoms with van der Waals surface area (Å²) in [5, 5.41) is 8.38. The number of nitrogens with zero attached hydrogens (tertiary/aromatic N) is 2. The highest BCUT2D eigenvalue weighted by molar-refractivity contribution is 5.77. The van der Waals surface area contributed by atoms with Crippen LogP contribution >= 0.6 is 0 Å². The first-order valence-electron chi connectivity index (χ1n) is 4.43. The first-order valence-corrected chi connectivity index (χ1v) is 4.43. The topological polar surface area (TPSA) is 53.3 Å². The predicted octanol–water partition coefficient (Wildman–Crippen LogP) is 0.536. The number of esters is 1. The number of ether oxygens (including phenoxy) is 1. The molecule has 1 aliphatic rings. The summed E-state index contributed by atoms with van der Waals surface area (Å²) in [5.41, 5.74) is 0. The van der Waals surface area contributed by atoms with Gasteiger partial charge in [-0.3, -0.25) is 9.69 Å². The lowest BCUT2D eigenvalue weighted by molar-refractivity contribution is -0.144. The summed E-state index contributed by atoms with van der Waals surface area (Å²) in [6.07, 6.45) is 1.21. The van der Waals surface area contributed by atoms with Gasteiger partial charge in [0.15, 0.2) is 0 Å². The first kappa shape index (κ1) is 10.0. The number of carbonyl (C=O) groups is 1. The third-order valence-electron chi connectivity index (χ3n) is 2.25. The summed E-state index contributed by atoms with van der Waals surface area (Å²) in [7, 11) is 1.85. The Labute approximate surface area is 78.1 Å². The Bertz CT molecular complexity index is 234. The smallest absolute Gasteiger partial charge is 0.323 e. The molecule has 4 nitrogen and oxygen atoms in total. The van der Waals surface area contributed by atoms with Gasteiger partial charge in [-0.15, -0.1) is 0 Å². The molecule has 0 N–H and O–H groups in total. The SMILES string of the molecule is CC1CC(N(C)CCC#N)C(=O)O1. The van der Waals surface area contributed by atoms with E-state index in [0.29, 0.717) is 13.0 Å². The van der Waals surface area contributed by atoms with E-state index in [0.717, 1.165) is 6.42 Å². The van der Waals surface area contributed by atoms with E-state index in [2.05, 4.69) is 6.07 Å². The summed E-state index contributed by atoms with van der Waals surface area (Å²) in [6.45, 7) is 2.51. The molecule has 0 bridgehead atoms. The van der Waals surface area contributed by atoms with E-state index in [4.69, 9.17) is 10.00 Å². The van der Waals surface area contributed by atoms with Crippen molar-refractivity contribution in [3.63, 3.8) is 0 Å². The molecule has 0 aromatic carbocycles. The monoisotopic (exact) mass is 182 g/mol. The van der Waals surface area contributed by atoms with Crippen LogP contribution in [0.15, 0.2) is 0 Å². The van der Waals surface area contributed by atoms with Gasteiger partial charge in [0, 0.05) is 19.4 Å². The zero-order valence-electron chi connectivity index (χ0n) is 7.99. The highest BCUT2D eigenvalue weighted by atomic mass is 16.6. The number of hydrogen-bond acceptors (Lipinski definition) is 4. The molecule has 0 saturated carbocycles. The largest absolute Gasteiger partial charge is 0.461 e. The molecular weight excluding hydrogens is 168 g/mol. The normalized spacial score (nSPS) is 27.4. The molecule has 2 unspecified atom stereocenters. The van der Waals surface area contributed by atoms with Crippen LogP contribution in [0.5, 0.6) is 0 Å². The van der Waals surface area contributed by atoms with Crippen LogP contribution in [0, 0.1) is 11.3 Å². The Balaban J connectivity index is 2.43. The average Bonchev–Trinajstić information content (AvgIpc) is 2.41. The van der Waals surface area contributed by atoms with Gasteiger partial charge < -0.3 is 4.74 Å². The first-order chi connectivity index (χ1) is 6.15. The van der Waals surface area contributed by atoms with Crippen molar-refractivity contribution < 1.29 is 9.53 Å². The van der Waals surface area contributed by atoms with Crippen molar-refractivity contribution in [2.75, 3.05) is 13.6 Å². The lowest BCUT2D eigenvalue weighted by atomic mass is 10.1. The third kappa shape index (κ3) is 2.43. The van der Waals surface area contributed by atoms with Gasteiger partial charge in [-0.25, -0.2) is 0 Å². The molecule has 1 rings (SSSR count). The van der Waals surface area contributed by atoms with Crippen molar-refractivity contribution in [3.05, 3.63) is 0 Å². The van der Waals surface area contributed by atoms with Crippen LogP contribution in [0.3, 0.4) is 0 Å². The molecular formula is C9H14N2O2. The highest BCUT2D eigenvalue weighted by Crippen LogP contribution is 2.18. The number of nitriles is 1. The van der Waals surface area contributed by atoms with Crippen molar-refractivity contribution >= 4 is 5.97 Å². The van der Waals surface area contributed by atoms with Crippen LogP contribution in [0.1, 0.15) is 19.8 Å². The number of rotatable bonds is 3. The van der Waals surface area contributed by atoms with Crippen molar-refractivity contribution in [2.24, 2.45) is 0 Å². The van der Waals surface area contributed by atoms with Crippen LogP contribution in [0.25, 0.3) is 0 Å². The molecule has 0 aromatic rings. The molecule has 72 valence electrons. The Hall–Kier alpha value is -1.08. The van der Waals surface area contributed by atoms with E-state index in [9.17, 15) is 4.79 Å². The minimum atomic E-state index is -0.159. The Morgan fingerprint density at radius 3 is 2.92 bits per heavy atom. The summed E-state index contributed by atoms with van der Waals surface area (Å²) < 4.78 is 5.01. The Kier molecular flexibility index (Phi) is 3.26. The fourth-order valence-corrected chi connectivity index (χ4v) is 1.48. The molecule has 4 heteroatoms. The van der Waals surface area contributed by atoms with Crippen LogP contribution in [-0.2, 0) is 9.53 Å². The van der Waals surface area contributed by atoms with E-state index in [1.165, 1.54) is 0 Å². The van der Waals surface area contributed by atoms with Gasteiger partial charge in [0.1, 0.15) is 12.1 Å². The van der Waals surface area contributed by atoms with Crippen LogP contribution in [-0.4, -0.2) is 36.6 Å². The second kappa shape index (κ2) is 4.24. The summed E-state index contributed by atoms with van der Waals surface area (Å²) in [6, 6.07) is 1.90. The van der Waals surface area contributed by atoms with Crippen molar-refractivity contribution in [1.29, 1.82) is 5.26 Å². The zero-order valence-corrected chi connectivity index (χ0v) is 7.99. The summed E-state index contributed by atoms with van der Waals surface area (Å²) in [4.78, 5) is 13.1. The van der Waals surface area contributed by atoms with Gasteiger partial charge in [-0.05, 0) is 14.0 Å². The second-order valence-electron chi connectivity index (χ2n) is 3.39. The van der Waals surface area contributed by atoms with Gasteiger partial charge >= 0.3 is 5.97 Å². The molecule has 0 amide bonds. The van der Waals surface area contributed by atoms with Gasteiger partial charge in [-0.2, -0.15) is 5.26 Å². The zero-order chi connectivity index (χ0) is 9.84. The maximum atomic E-state index is 11.2. The highest BCUT2D eigenvalue weighted by Gasteiger charge is 2.34. The van der Waals surface area contributed by atoms with Crippen LogP contribution in [0.2, 0.25) is 0 Å². The predicted molar refractivity (Wildman–Crippen MR) is 46.8 cm³/mol. The van der Waals surface area contributed by atoms with Crippen LogP contribution < -0.4 is 0 Å². The maximum Gasteiger partial charge on any atom is 0.323 e. The Morgan fingerprint density at radius 1 is 1.77 bits per heavy atom. The third-order valence-corrected chi connectivity index (χ3v) is 2.25. The minimum absolute atomic E-state index is 0.0158. The molecule has 13 heavy (non-hydrogen) atoms. The molecule has 1 aliphatic heterocycles. The number of hydrogen-bond donors (Lipinski definition) is 0. The standard InChI is InChI=1S/C9H14N2O2/c1-7-6-8(9(12)13-7)11(2)5-3-4-10/h7-8H,3,5-6H2,1-2H3. The average molecular weight is 182 g/mol. The molecule has 1 saturated heterocycles. The minimum Gasteiger partial charge on any atom is -0.461 e. The molecule has 0 spiro atoms. The lowest BCUT2D eigenvalue weighted by Gasteiger charge is -2.18. The fourth-order valence-electron chi connectivity index (χ4n) is 1.48. The van der Waals surface area contributed by atoms with Crippen molar-refractivity contribution in [1.82, 2.24) is 4.90 Å². The maximum absolute atomic E-state index is 11.2. The fraction of sp³-hybridized carbons (Fsp3) is 0.778. The summed E-state index contributed by atoms with van der Waals surface area (Å²) >= 11 is 0. The molecule has 1 heterocycles. The van der Waals surface area contributed by atoms with Crippen LogP contribution in [0.4, 0.5) is 0 Å². The van der Waals surface area contributed by atoms with Crippen molar-refractivity contribution in [3.8, 4) is 6.07 Å². The lowest BCUT2D eigenvalue weighted by Crippen LogP contribution is -2.35. The van der Waals surface area contributed by atoms with E-state index < -0.39 is 0 Å². The van der Waals surface area contributed by atoms with Crippen molar-refractivity contribution in [2.45, 2.75) is 31.9 Å². The summed E-state index contributed by atoms with van der Waals surface area (Å²) in [5.74, 6) is -0.159. The number of likely N-dealkylation sites (N-methyl/N-ethyl adjacent to an activating group) is 1. The van der Waals surface area contributed by atoms with E-state index in [1.54, 1.807) is 0 Å². The number of cyclic esters (lactones) is 1. The van der Waals surface area contributed by atoms with E-state index in [-0.39, 0.29) is 18.1 Å². The molecule has 2 atom stereocenters. The van der Waals surface area contributed by atoms with Gasteiger partial charge in [-0.1, -0.05) is 0 Å². The van der Waals surface area contributed by atoms with E-state index >= 15 is 0 Å². The Morgan fingerprint density at radius 2 is 2.46 bits per heavy atom. The molecule has 0 aromatic heterocycles. The second-order valence-corrected chi connectivity index (χ2v) is 3.39. The molecule has 0 aliphatic carbocycles. The van der Waals surface area contributed by atoms with Gasteiger partial charge in [0.05, 0.1) is 6.07 Å². The van der Waals surface area contributed by atoms with Gasteiger partial charge in [0.2, 0.25) is 0 Å². The van der Waals surface area contributed by atoms with E-state index in [1.807, 2.05) is 18.9 Å². The van der Waals surface area contributed by atoms with Gasteiger partial charge in [0.25, 0.3) is 0 Å². The molecule has 0 radical (unpaired) electrons. The quantitative estimate of drug-likeness (QED) is 0.598. The molecule has 1 fully saturated rings. The number of carbonyl (C=O) groups excluding carboxylic acids is 1.